The second kappa shape index (κ2) is 3.62. The molecule has 0 aliphatic rings. The molecular weight excluding hydrogens is 188 g/mol. The zero-order chi connectivity index (χ0) is 9.90. The first kappa shape index (κ1) is 9.80. The van der Waals surface area contributed by atoms with Gasteiger partial charge in [0.05, 0.1) is 5.41 Å². The Balaban J connectivity index is 3.00. The van der Waals surface area contributed by atoms with Crippen molar-refractivity contribution >= 4 is 10.1 Å². The SMILES string of the molecule is C=CS(=O)(=O)Oc1ccccc1C. The van der Waals surface area contributed by atoms with E-state index in [9.17, 15) is 8.42 Å². The van der Waals surface area contributed by atoms with Crippen LogP contribution in [0.5, 0.6) is 5.75 Å². The lowest BCUT2D eigenvalue weighted by Crippen LogP contribution is -2.05. The van der Waals surface area contributed by atoms with Crippen LogP contribution in [-0.2, 0) is 10.1 Å². The quantitative estimate of drug-likeness (QED) is 0.696. The van der Waals surface area contributed by atoms with Crippen LogP contribution in [0.25, 0.3) is 0 Å². The second-order valence-electron chi connectivity index (χ2n) is 2.51. The van der Waals surface area contributed by atoms with E-state index in [1.54, 1.807) is 25.1 Å². The zero-order valence-electron chi connectivity index (χ0n) is 7.23. The lowest BCUT2D eigenvalue weighted by molar-refractivity contribution is 0.495. The summed E-state index contributed by atoms with van der Waals surface area (Å²) >= 11 is 0. The summed E-state index contributed by atoms with van der Waals surface area (Å²) in [6, 6.07) is 6.88. The van der Waals surface area contributed by atoms with Gasteiger partial charge in [-0.3, -0.25) is 0 Å². The molecule has 0 fully saturated rings. The third kappa shape index (κ3) is 2.59. The van der Waals surface area contributed by atoms with Crippen LogP contribution in [0.2, 0.25) is 0 Å². The molecule has 0 unspecified atom stereocenters. The third-order valence-corrected chi connectivity index (χ3v) is 2.32. The Kier molecular flexibility index (Phi) is 2.72. The normalized spacial score (nSPS) is 10.8. The van der Waals surface area contributed by atoms with Crippen molar-refractivity contribution < 1.29 is 12.6 Å². The van der Waals surface area contributed by atoms with Crippen LogP contribution < -0.4 is 4.18 Å². The van der Waals surface area contributed by atoms with Gasteiger partial charge < -0.3 is 4.18 Å². The minimum atomic E-state index is -3.63. The van der Waals surface area contributed by atoms with Crippen molar-refractivity contribution in [1.82, 2.24) is 0 Å². The smallest absolute Gasteiger partial charge is 0.331 e. The van der Waals surface area contributed by atoms with Gasteiger partial charge in [0.15, 0.2) is 0 Å². The fraction of sp³-hybridized carbons (Fsp3) is 0.111. The van der Waals surface area contributed by atoms with Crippen LogP contribution in [0.4, 0.5) is 0 Å². The summed E-state index contributed by atoms with van der Waals surface area (Å²) in [5, 5.41) is 0.777. The molecule has 70 valence electrons. The van der Waals surface area contributed by atoms with Gasteiger partial charge >= 0.3 is 10.1 Å². The molecular formula is C9H10O3S. The Morgan fingerprint density at radius 2 is 2.00 bits per heavy atom. The van der Waals surface area contributed by atoms with Crippen molar-refractivity contribution in [2.24, 2.45) is 0 Å². The van der Waals surface area contributed by atoms with E-state index in [-0.39, 0.29) is 0 Å². The molecule has 0 atom stereocenters. The van der Waals surface area contributed by atoms with Gasteiger partial charge in [-0.25, -0.2) is 0 Å². The van der Waals surface area contributed by atoms with E-state index in [2.05, 4.69) is 6.58 Å². The number of rotatable bonds is 3. The highest BCUT2D eigenvalue weighted by Gasteiger charge is 2.07. The van der Waals surface area contributed by atoms with E-state index in [4.69, 9.17) is 4.18 Å². The number of benzene rings is 1. The van der Waals surface area contributed by atoms with Gasteiger partial charge in [-0.2, -0.15) is 8.42 Å². The van der Waals surface area contributed by atoms with Crippen molar-refractivity contribution in [2.45, 2.75) is 6.92 Å². The van der Waals surface area contributed by atoms with Crippen LogP contribution in [-0.4, -0.2) is 8.42 Å². The molecule has 0 amide bonds. The van der Waals surface area contributed by atoms with Crippen molar-refractivity contribution in [3.63, 3.8) is 0 Å². The Labute approximate surface area is 77.8 Å². The van der Waals surface area contributed by atoms with Crippen LogP contribution in [0, 0.1) is 6.92 Å². The predicted molar refractivity (Wildman–Crippen MR) is 50.9 cm³/mol. The number of hydrogen-bond acceptors (Lipinski definition) is 3. The van der Waals surface area contributed by atoms with Crippen LogP contribution >= 0.6 is 0 Å². The predicted octanol–water partition coefficient (Wildman–Crippen LogP) is 1.85. The molecule has 0 aliphatic heterocycles. The zero-order valence-corrected chi connectivity index (χ0v) is 8.04. The molecule has 0 N–H and O–H groups in total. The third-order valence-electron chi connectivity index (χ3n) is 1.50. The summed E-state index contributed by atoms with van der Waals surface area (Å²) in [7, 11) is -3.63. The largest absolute Gasteiger partial charge is 0.379 e. The van der Waals surface area contributed by atoms with Gasteiger partial charge in [0.1, 0.15) is 5.75 Å². The van der Waals surface area contributed by atoms with E-state index < -0.39 is 10.1 Å². The fourth-order valence-corrected chi connectivity index (χ4v) is 1.31. The van der Waals surface area contributed by atoms with Gasteiger partial charge in [-0.15, -0.1) is 0 Å². The molecule has 1 aromatic rings. The number of hydrogen-bond donors (Lipinski definition) is 0. The minimum absolute atomic E-state index is 0.336. The van der Waals surface area contributed by atoms with Crippen LogP contribution in [0.15, 0.2) is 36.3 Å². The second-order valence-corrected chi connectivity index (χ2v) is 3.99. The van der Waals surface area contributed by atoms with Crippen molar-refractivity contribution in [3.05, 3.63) is 41.8 Å². The number of para-hydroxylation sites is 1. The monoisotopic (exact) mass is 198 g/mol. The van der Waals surface area contributed by atoms with Crippen molar-refractivity contribution in [1.29, 1.82) is 0 Å². The molecule has 0 saturated carbocycles. The van der Waals surface area contributed by atoms with Gasteiger partial charge in [0.2, 0.25) is 0 Å². The molecule has 0 heterocycles. The highest BCUT2D eigenvalue weighted by molar-refractivity contribution is 7.90. The fourth-order valence-electron chi connectivity index (χ4n) is 0.809. The van der Waals surface area contributed by atoms with Gasteiger partial charge in [0.25, 0.3) is 0 Å². The van der Waals surface area contributed by atoms with E-state index in [0.29, 0.717) is 5.75 Å². The minimum Gasteiger partial charge on any atom is -0.379 e. The average Bonchev–Trinajstić information content (AvgIpc) is 2.09. The Bertz CT molecular complexity index is 407. The lowest BCUT2D eigenvalue weighted by atomic mass is 10.2. The number of aryl methyl sites for hydroxylation is 1. The maximum atomic E-state index is 11.0. The standard InChI is InChI=1S/C9H10O3S/c1-3-13(10,11)12-9-7-5-4-6-8(9)2/h3-7H,1H2,2H3. The summed E-state index contributed by atoms with van der Waals surface area (Å²) in [5.74, 6) is 0.336. The molecule has 0 saturated heterocycles. The van der Waals surface area contributed by atoms with Gasteiger partial charge in [-0.1, -0.05) is 24.8 Å². The first-order valence-electron chi connectivity index (χ1n) is 3.68. The van der Waals surface area contributed by atoms with Crippen LogP contribution in [0.1, 0.15) is 5.56 Å². The maximum Gasteiger partial charge on any atom is 0.331 e. The molecule has 13 heavy (non-hydrogen) atoms. The Hall–Kier alpha value is -1.29. The summed E-state index contributed by atoms with van der Waals surface area (Å²) in [6.07, 6.45) is 0. The van der Waals surface area contributed by atoms with Crippen molar-refractivity contribution in [3.8, 4) is 5.75 Å². The molecule has 0 radical (unpaired) electrons. The van der Waals surface area contributed by atoms with E-state index in [0.717, 1.165) is 11.0 Å². The molecule has 0 bridgehead atoms. The first-order chi connectivity index (χ1) is 6.05. The molecule has 4 heteroatoms. The summed E-state index contributed by atoms with van der Waals surface area (Å²) in [4.78, 5) is 0. The highest BCUT2D eigenvalue weighted by Crippen LogP contribution is 2.18. The maximum absolute atomic E-state index is 11.0. The Morgan fingerprint density at radius 3 is 2.54 bits per heavy atom. The topological polar surface area (TPSA) is 43.4 Å². The molecule has 0 aliphatic carbocycles. The van der Waals surface area contributed by atoms with E-state index in [1.165, 1.54) is 0 Å². The Morgan fingerprint density at radius 1 is 1.38 bits per heavy atom. The molecule has 0 aromatic heterocycles. The van der Waals surface area contributed by atoms with Gasteiger partial charge in [0, 0.05) is 0 Å². The van der Waals surface area contributed by atoms with Crippen molar-refractivity contribution in [2.75, 3.05) is 0 Å². The molecule has 1 aromatic carbocycles. The highest BCUT2D eigenvalue weighted by atomic mass is 32.2. The summed E-state index contributed by atoms with van der Waals surface area (Å²) < 4.78 is 26.7. The first-order valence-corrected chi connectivity index (χ1v) is 5.15. The molecule has 0 spiro atoms. The van der Waals surface area contributed by atoms with E-state index >= 15 is 0 Å². The molecule has 1 rings (SSSR count). The van der Waals surface area contributed by atoms with Crippen LogP contribution in [0.3, 0.4) is 0 Å². The summed E-state index contributed by atoms with van der Waals surface area (Å²) in [6.45, 7) is 4.92. The van der Waals surface area contributed by atoms with E-state index in [1.807, 2.05) is 6.07 Å². The molecule has 3 nitrogen and oxygen atoms in total. The average molecular weight is 198 g/mol. The van der Waals surface area contributed by atoms with Gasteiger partial charge in [-0.05, 0) is 18.6 Å². The summed E-state index contributed by atoms with van der Waals surface area (Å²) in [5.41, 5.74) is 0.771. The lowest BCUT2D eigenvalue weighted by Gasteiger charge is -2.04.